The Hall–Kier alpha value is -1.33. The van der Waals surface area contributed by atoms with Crippen molar-refractivity contribution in [2.75, 3.05) is 20.2 Å². The van der Waals surface area contributed by atoms with E-state index in [1.54, 1.807) is 19.4 Å². The van der Waals surface area contributed by atoms with Crippen LogP contribution in [0, 0.1) is 0 Å². The number of carbonyl (C=O) groups excluding carboxylic acids is 1. The summed E-state index contributed by atoms with van der Waals surface area (Å²) in [5.74, 6) is 0.769. The maximum absolute atomic E-state index is 12.6. The highest BCUT2D eigenvalue weighted by Crippen LogP contribution is 2.23. The van der Waals surface area contributed by atoms with Crippen molar-refractivity contribution in [2.24, 2.45) is 5.73 Å². The Kier molecular flexibility index (Phi) is 4.61. The number of hydrogen-bond acceptors (Lipinski definition) is 4. The second-order valence-corrected chi connectivity index (χ2v) is 4.88. The normalized spacial score (nSPS) is 23.6. The SMILES string of the molecule is CCc1occc1C(=O)N1CCC(OC)CC1CN. The third-order valence-corrected chi connectivity index (χ3v) is 3.83. The summed E-state index contributed by atoms with van der Waals surface area (Å²) < 4.78 is 10.7. The Morgan fingerprint density at radius 1 is 1.63 bits per heavy atom. The van der Waals surface area contributed by atoms with Crippen molar-refractivity contribution in [1.29, 1.82) is 0 Å². The number of furan rings is 1. The molecule has 0 radical (unpaired) electrons. The molecule has 0 aliphatic carbocycles. The molecule has 106 valence electrons. The lowest BCUT2D eigenvalue weighted by molar-refractivity contribution is 0.0138. The molecular formula is C14H22N2O3. The molecular weight excluding hydrogens is 244 g/mol. The Balaban J connectivity index is 2.14. The first-order valence-corrected chi connectivity index (χ1v) is 6.81. The number of ether oxygens (including phenoxy) is 1. The Morgan fingerprint density at radius 2 is 2.42 bits per heavy atom. The molecule has 1 fully saturated rings. The number of hydrogen-bond donors (Lipinski definition) is 1. The molecule has 0 saturated carbocycles. The van der Waals surface area contributed by atoms with Crippen molar-refractivity contribution in [3.05, 3.63) is 23.7 Å². The van der Waals surface area contributed by atoms with Crippen molar-refractivity contribution in [3.63, 3.8) is 0 Å². The molecule has 5 heteroatoms. The molecule has 2 N–H and O–H groups in total. The summed E-state index contributed by atoms with van der Waals surface area (Å²) in [6.45, 7) is 3.13. The molecule has 1 saturated heterocycles. The van der Waals surface area contributed by atoms with E-state index in [1.165, 1.54) is 0 Å². The molecule has 19 heavy (non-hydrogen) atoms. The fourth-order valence-electron chi connectivity index (χ4n) is 2.68. The third kappa shape index (κ3) is 2.82. The zero-order valence-corrected chi connectivity index (χ0v) is 11.6. The van der Waals surface area contributed by atoms with E-state index in [9.17, 15) is 4.79 Å². The number of nitrogens with zero attached hydrogens (tertiary/aromatic N) is 1. The molecule has 1 aromatic heterocycles. The van der Waals surface area contributed by atoms with Gasteiger partial charge in [0.05, 0.1) is 17.9 Å². The number of rotatable bonds is 4. The Bertz CT molecular complexity index is 430. The lowest BCUT2D eigenvalue weighted by Gasteiger charge is -2.38. The highest BCUT2D eigenvalue weighted by molar-refractivity contribution is 5.95. The monoisotopic (exact) mass is 266 g/mol. The van der Waals surface area contributed by atoms with E-state index in [2.05, 4.69) is 0 Å². The quantitative estimate of drug-likeness (QED) is 0.895. The predicted octanol–water partition coefficient (Wildman–Crippen LogP) is 1.42. The molecule has 1 aliphatic rings. The molecule has 0 aromatic carbocycles. The first-order valence-electron chi connectivity index (χ1n) is 6.81. The van der Waals surface area contributed by atoms with Crippen LogP contribution in [0.2, 0.25) is 0 Å². The van der Waals surface area contributed by atoms with E-state index >= 15 is 0 Å². The third-order valence-electron chi connectivity index (χ3n) is 3.83. The van der Waals surface area contributed by atoms with E-state index in [4.69, 9.17) is 14.9 Å². The Morgan fingerprint density at radius 3 is 3.05 bits per heavy atom. The average molecular weight is 266 g/mol. The summed E-state index contributed by atoms with van der Waals surface area (Å²) in [5, 5.41) is 0. The van der Waals surface area contributed by atoms with Gasteiger partial charge >= 0.3 is 0 Å². The van der Waals surface area contributed by atoms with Crippen molar-refractivity contribution in [1.82, 2.24) is 4.90 Å². The predicted molar refractivity (Wildman–Crippen MR) is 72.0 cm³/mol. The van der Waals surface area contributed by atoms with Gasteiger partial charge in [-0.25, -0.2) is 0 Å². The molecule has 0 spiro atoms. The largest absolute Gasteiger partial charge is 0.469 e. The van der Waals surface area contributed by atoms with Gasteiger partial charge in [0.15, 0.2) is 0 Å². The summed E-state index contributed by atoms with van der Waals surface area (Å²) in [5.41, 5.74) is 6.46. The van der Waals surface area contributed by atoms with Gasteiger partial charge in [-0.2, -0.15) is 0 Å². The number of methoxy groups -OCH3 is 1. The second-order valence-electron chi connectivity index (χ2n) is 4.88. The molecule has 1 amide bonds. The van der Waals surface area contributed by atoms with Crippen LogP contribution in [-0.4, -0.2) is 43.2 Å². The van der Waals surface area contributed by atoms with Crippen molar-refractivity contribution >= 4 is 5.91 Å². The van der Waals surface area contributed by atoms with Crippen LogP contribution < -0.4 is 5.73 Å². The number of likely N-dealkylation sites (tertiary alicyclic amines) is 1. The van der Waals surface area contributed by atoms with Crippen molar-refractivity contribution < 1.29 is 13.9 Å². The standard InChI is InChI=1S/C14H22N2O3/c1-3-13-12(5-7-19-13)14(17)16-6-4-11(18-2)8-10(16)9-15/h5,7,10-11H,3-4,6,8-9,15H2,1-2H3. The summed E-state index contributed by atoms with van der Waals surface area (Å²) in [7, 11) is 1.71. The minimum Gasteiger partial charge on any atom is -0.469 e. The maximum atomic E-state index is 12.6. The van der Waals surface area contributed by atoms with Crippen molar-refractivity contribution in [3.8, 4) is 0 Å². The van der Waals surface area contributed by atoms with Crippen LogP contribution in [0.3, 0.4) is 0 Å². The van der Waals surface area contributed by atoms with Crippen molar-refractivity contribution in [2.45, 2.75) is 38.3 Å². The number of carbonyl (C=O) groups is 1. The smallest absolute Gasteiger partial charge is 0.257 e. The number of piperidine rings is 1. The van der Waals surface area contributed by atoms with E-state index in [1.807, 2.05) is 11.8 Å². The fraction of sp³-hybridized carbons (Fsp3) is 0.643. The van der Waals surface area contributed by atoms with Crippen LogP contribution in [0.25, 0.3) is 0 Å². The van der Waals surface area contributed by atoms with Crippen LogP contribution in [0.1, 0.15) is 35.9 Å². The second kappa shape index (κ2) is 6.21. The summed E-state index contributed by atoms with van der Waals surface area (Å²) >= 11 is 0. The van der Waals surface area contributed by atoms with Gasteiger partial charge < -0.3 is 19.8 Å². The Labute approximate surface area is 113 Å². The van der Waals surface area contributed by atoms with Gasteiger partial charge in [0.1, 0.15) is 5.76 Å². The van der Waals surface area contributed by atoms with Crippen LogP contribution in [0.15, 0.2) is 16.7 Å². The number of nitrogens with two attached hydrogens (primary N) is 1. The van der Waals surface area contributed by atoms with Gasteiger partial charge in [-0.05, 0) is 18.9 Å². The molecule has 2 atom stereocenters. The van der Waals surface area contributed by atoms with Crippen LogP contribution in [-0.2, 0) is 11.2 Å². The number of amides is 1. The lowest BCUT2D eigenvalue weighted by Crippen LogP contribution is -2.51. The lowest BCUT2D eigenvalue weighted by atomic mass is 9.98. The van der Waals surface area contributed by atoms with E-state index in [0.717, 1.165) is 25.0 Å². The summed E-state index contributed by atoms with van der Waals surface area (Å²) in [4.78, 5) is 14.4. The molecule has 2 heterocycles. The first-order chi connectivity index (χ1) is 9.21. The zero-order chi connectivity index (χ0) is 13.8. The number of aryl methyl sites for hydroxylation is 1. The van der Waals surface area contributed by atoms with Crippen LogP contribution in [0.5, 0.6) is 0 Å². The van der Waals surface area contributed by atoms with Crippen LogP contribution >= 0.6 is 0 Å². The van der Waals surface area contributed by atoms with Gasteiger partial charge in [-0.1, -0.05) is 6.92 Å². The molecule has 0 bridgehead atoms. The minimum atomic E-state index is 0.0237. The van der Waals surface area contributed by atoms with Gasteiger partial charge in [0.25, 0.3) is 5.91 Å². The average Bonchev–Trinajstić information content (AvgIpc) is 2.94. The highest BCUT2D eigenvalue weighted by Gasteiger charge is 2.32. The minimum absolute atomic E-state index is 0.0237. The van der Waals surface area contributed by atoms with E-state index in [0.29, 0.717) is 18.7 Å². The van der Waals surface area contributed by atoms with Gasteiger partial charge in [0.2, 0.25) is 0 Å². The fourth-order valence-corrected chi connectivity index (χ4v) is 2.68. The topological polar surface area (TPSA) is 68.7 Å². The molecule has 1 aliphatic heterocycles. The van der Waals surface area contributed by atoms with Gasteiger partial charge in [-0.15, -0.1) is 0 Å². The molecule has 2 unspecified atom stereocenters. The van der Waals surface area contributed by atoms with E-state index in [-0.39, 0.29) is 18.1 Å². The first kappa shape index (κ1) is 14.1. The van der Waals surface area contributed by atoms with Gasteiger partial charge in [-0.3, -0.25) is 4.79 Å². The van der Waals surface area contributed by atoms with E-state index < -0.39 is 0 Å². The van der Waals surface area contributed by atoms with Crippen LogP contribution in [0.4, 0.5) is 0 Å². The highest BCUT2D eigenvalue weighted by atomic mass is 16.5. The van der Waals surface area contributed by atoms with Gasteiger partial charge in [0, 0.05) is 32.7 Å². The maximum Gasteiger partial charge on any atom is 0.257 e. The summed E-state index contributed by atoms with van der Waals surface area (Å²) in [6.07, 6.45) is 4.16. The molecule has 2 rings (SSSR count). The summed E-state index contributed by atoms with van der Waals surface area (Å²) in [6, 6.07) is 1.79. The molecule has 5 nitrogen and oxygen atoms in total. The molecule has 1 aromatic rings. The zero-order valence-electron chi connectivity index (χ0n) is 11.6.